The number of hydrogen-bond donors (Lipinski definition) is 1. The van der Waals surface area contributed by atoms with Crippen molar-refractivity contribution >= 4 is 45.3 Å². The maximum absolute atomic E-state index is 13.7. The van der Waals surface area contributed by atoms with E-state index in [1.165, 1.54) is 17.4 Å². The van der Waals surface area contributed by atoms with Crippen molar-refractivity contribution in [3.63, 3.8) is 0 Å². The molecule has 1 aliphatic rings. The molecule has 1 N–H and O–H groups in total. The first-order valence-corrected chi connectivity index (χ1v) is 11.5. The summed E-state index contributed by atoms with van der Waals surface area (Å²) >= 11 is 7.21. The van der Waals surface area contributed by atoms with Crippen molar-refractivity contribution in [1.29, 1.82) is 0 Å². The van der Waals surface area contributed by atoms with Crippen molar-refractivity contribution in [1.82, 2.24) is 0 Å². The molecule has 0 aliphatic carbocycles. The molecule has 1 aromatic heterocycles. The second kappa shape index (κ2) is 9.16. The average molecular weight is 455 g/mol. The SMILES string of the molecule is CCOC(=O)c1cc(-c2ccccc2)sc1NC(=S)N1c2ccc(F)cc2CC[C@@H]1C. The number of benzene rings is 2. The Morgan fingerprint density at radius 1 is 1.26 bits per heavy atom. The molecule has 0 spiro atoms. The van der Waals surface area contributed by atoms with E-state index in [1.54, 1.807) is 19.1 Å². The number of nitrogens with one attached hydrogen (secondary N) is 1. The van der Waals surface area contributed by atoms with Gasteiger partial charge in [-0.1, -0.05) is 30.3 Å². The number of halogens is 1. The van der Waals surface area contributed by atoms with Crippen molar-refractivity contribution < 1.29 is 13.9 Å². The van der Waals surface area contributed by atoms with Crippen molar-refractivity contribution in [2.24, 2.45) is 0 Å². The Kier molecular flexibility index (Phi) is 6.34. The number of thiocarbonyl (C=S) groups is 1. The van der Waals surface area contributed by atoms with E-state index in [1.807, 2.05) is 41.3 Å². The van der Waals surface area contributed by atoms with Crippen LogP contribution in [-0.2, 0) is 11.2 Å². The van der Waals surface area contributed by atoms with E-state index in [4.69, 9.17) is 17.0 Å². The molecule has 1 aliphatic heterocycles. The number of hydrogen-bond acceptors (Lipinski definition) is 4. The van der Waals surface area contributed by atoms with Crippen LogP contribution in [0.25, 0.3) is 10.4 Å². The minimum Gasteiger partial charge on any atom is -0.462 e. The van der Waals surface area contributed by atoms with E-state index in [2.05, 4.69) is 12.2 Å². The van der Waals surface area contributed by atoms with Crippen LogP contribution in [0.15, 0.2) is 54.6 Å². The summed E-state index contributed by atoms with van der Waals surface area (Å²) in [6.45, 7) is 4.17. The van der Waals surface area contributed by atoms with Gasteiger partial charge in [-0.15, -0.1) is 11.3 Å². The summed E-state index contributed by atoms with van der Waals surface area (Å²) in [5.41, 5.74) is 3.31. The molecule has 2 aromatic carbocycles. The summed E-state index contributed by atoms with van der Waals surface area (Å²) in [5, 5.41) is 4.40. The third-order valence-corrected chi connectivity index (χ3v) is 6.70. The van der Waals surface area contributed by atoms with Crippen LogP contribution in [0, 0.1) is 5.82 Å². The lowest BCUT2D eigenvalue weighted by atomic mass is 9.97. The van der Waals surface area contributed by atoms with Crippen molar-refractivity contribution in [2.45, 2.75) is 32.7 Å². The first kappa shape index (κ1) is 21.5. The van der Waals surface area contributed by atoms with Gasteiger partial charge in [0, 0.05) is 16.6 Å². The molecule has 31 heavy (non-hydrogen) atoms. The van der Waals surface area contributed by atoms with Gasteiger partial charge in [0.2, 0.25) is 0 Å². The molecule has 4 rings (SSSR count). The molecule has 0 saturated heterocycles. The van der Waals surface area contributed by atoms with Crippen LogP contribution in [0.3, 0.4) is 0 Å². The Labute approximate surface area is 190 Å². The average Bonchev–Trinajstić information content (AvgIpc) is 3.18. The van der Waals surface area contributed by atoms with Crippen LogP contribution < -0.4 is 10.2 Å². The standard InChI is InChI=1S/C24H23FN2O2S2/c1-3-29-23(28)19-14-21(16-7-5-4-6-8-16)31-22(19)26-24(30)27-15(2)9-10-17-13-18(25)11-12-20(17)27/h4-8,11-15H,3,9-10H2,1-2H3,(H,26,30)/t15-/m0/s1. The Bertz CT molecular complexity index is 1110. The zero-order valence-corrected chi connectivity index (χ0v) is 19.0. The second-order valence-corrected chi connectivity index (χ2v) is 8.84. The van der Waals surface area contributed by atoms with Crippen LogP contribution in [0.2, 0.25) is 0 Å². The molecule has 1 atom stereocenters. The minimum absolute atomic E-state index is 0.151. The molecule has 2 heterocycles. The summed E-state index contributed by atoms with van der Waals surface area (Å²) in [7, 11) is 0. The second-order valence-electron chi connectivity index (χ2n) is 7.40. The molecule has 7 heteroatoms. The first-order chi connectivity index (χ1) is 15.0. The predicted molar refractivity (Wildman–Crippen MR) is 129 cm³/mol. The number of nitrogens with zero attached hydrogens (tertiary/aromatic N) is 1. The van der Waals surface area contributed by atoms with E-state index in [9.17, 15) is 9.18 Å². The fraction of sp³-hybridized carbons (Fsp3) is 0.250. The summed E-state index contributed by atoms with van der Waals surface area (Å²) in [5.74, 6) is -0.636. The van der Waals surface area contributed by atoms with E-state index in [0.29, 0.717) is 22.3 Å². The van der Waals surface area contributed by atoms with E-state index < -0.39 is 0 Å². The zero-order valence-electron chi connectivity index (χ0n) is 17.4. The number of esters is 1. The smallest absolute Gasteiger partial charge is 0.341 e. The Hall–Kier alpha value is -2.77. The third kappa shape index (κ3) is 4.48. The fourth-order valence-corrected chi connectivity index (χ4v) is 5.27. The predicted octanol–water partition coefficient (Wildman–Crippen LogP) is 6.27. The quantitative estimate of drug-likeness (QED) is 0.372. The van der Waals surface area contributed by atoms with Gasteiger partial charge >= 0.3 is 5.97 Å². The highest BCUT2D eigenvalue weighted by molar-refractivity contribution is 7.80. The molecule has 0 radical (unpaired) electrons. The van der Waals surface area contributed by atoms with E-state index in [-0.39, 0.29) is 17.8 Å². The summed E-state index contributed by atoms with van der Waals surface area (Å²) in [4.78, 5) is 15.6. The lowest BCUT2D eigenvalue weighted by Gasteiger charge is -2.37. The number of carbonyl (C=O) groups excluding carboxylic acids is 1. The maximum Gasteiger partial charge on any atom is 0.341 e. The summed E-state index contributed by atoms with van der Waals surface area (Å²) < 4.78 is 19.0. The van der Waals surface area contributed by atoms with Crippen molar-refractivity contribution in [3.05, 3.63) is 71.5 Å². The van der Waals surface area contributed by atoms with Gasteiger partial charge in [0.1, 0.15) is 10.8 Å². The van der Waals surface area contributed by atoms with Gasteiger partial charge in [0.25, 0.3) is 0 Å². The number of aryl methyl sites for hydroxylation is 1. The molecule has 4 nitrogen and oxygen atoms in total. The molecule has 160 valence electrons. The largest absolute Gasteiger partial charge is 0.462 e. The Balaban J connectivity index is 1.68. The van der Waals surface area contributed by atoms with Crippen molar-refractivity contribution in [2.75, 3.05) is 16.8 Å². The number of carbonyl (C=O) groups is 1. The van der Waals surface area contributed by atoms with Crippen LogP contribution in [-0.4, -0.2) is 23.7 Å². The number of thiophene rings is 1. The molecular weight excluding hydrogens is 431 g/mol. The molecule has 0 saturated carbocycles. The van der Waals surface area contributed by atoms with Gasteiger partial charge in [0.05, 0.1) is 12.2 Å². The highest BCUT2D eigenvalue weighted by Crippen LogP contribution is 2.37. The van der Waals surface area contributed by atoms with Gasteiger partial charge in [0.15, 0.2) is 5.11 Å². The molecule has 0 bridgehead atoms. The van der Waals surface area contributed by atoms with Crippen molar-refractivity contribution in [3.8, 4) is 10.4 Å². The molecule has 0 amide bonds. The van der Waals surface area contributed by atoms with Gasteiger partial charge in [-0.25, -0.2) is 9.18 Å². The third-order valence-electron chi connectivity index (χ3n) is 5.30. The van der Waals surface area contributed by atoms with Crippen LogP contribution in [0.1, 0.15) is 36.2 Å². The summed E-state index contributed by atoms with van der Waals surface area (Å²) in [6, 6.07) is 16.7. The number of ether oxygens (including phenoxy) is 1. The number of anilines is 2. The van der Waals surface area contributed by atoms with Gasteiger partial charge in [-0.05, 0) is 74.3 Å². The molecule has 0 fully saturated rings. The Morgan fingerprint density at radius 2 is 2.03 bits per heavy atom. The zero-order chi connectivity index (χ0) is 22.0. The Morgan fingerprint density at radius 3 is 2.77 bits per heavy atom. The first-order valence-electron chi connectivity index (χ1n) is 10.2. The van der Waals surface area contributed by atoms with Gasteiger partial charge in [-0.2, -0.15) is 0 Å². The summed E-state index contributed by atoms with van der Waals surface area (Å²) in [6.07, 6.45) is 1.67. The monoisotopic (exact) mass is 454 g/mol. The van der Waals surface area contributed by atoms with E-state index >= 15 is 0 Å². The normalized spacial score (nSPS) is 15.3. The molecule has 0 unspecified atom stereocenters. The number of fused-ring (bicyclic) bond motifs is 1. The minimum atomic E-state index is -0.389. The van der Waals surface area contributed by atoms with Crippen LogP contribution in [0.4, 0.5) is 15.1 Å². The van der Waals surface area contributed by atoms with E-state index in [0.717, 1.165) is 34.5 Å². The highest BCUT2D eigenvalue weighted by Gasteiger charge is 2.28. The maximum atomic E-state index is 13.7. The number of rotatable bonds is 4. The topological polar surface area (TPSA) is 41.6 Å². The molecule has 3 aromatic rings. The molecular formula is C24H23FN2O2S2. The highest BCUT2D eigenvalue weighted by atomic mass is 32.1. The van der Waals surface area contributed by atoms with Gasteiger partial charge < -0.3 is 15.0 Å². The lowest BCUT2D eigenvalue weighted by molar-refractivity contribution is 0.0528. The fourth-order valence-electron chi connectivity index (χ4n) is 3.78. The van der Waals surface area contributed by atoms with Crippen LogP contribution >= 0.6 is 23.6 Å². The van der Waals surface area contributed by atoms with Gasteiger partial charge in [-0.3, -0.25) is 0 Å². The van der Waals surface area contributed by atoms with Crippen LogP contribution in [0.5, 0.6) is 0 Å². The lowest BCUT2D eigenvalue weighted by Crippen LogP contribution is -2.44.